The number of amides is 1. The zero-order valence-corrected chi connectivity index (χ0v) is 16.7. The first-order valence-electron chi connectivity index (χ1n) is 8.88. The van der Waals surface area contributed by atoms with Gasteiger partial charge in [0, 0.05) is 18.7 Å². The molecule has 0 atom stereocenters. The first-order chi connectivity index (χ1) is 14.9. The van der Waals surface area contributed by atoms with Gasteiger partial charge >= 0.3 is 12.5 Å². The minimum Gasteiger partial charge on any atom is -0.406 e. The lowest BCUT2D eigenvalue weighted by Crippen LogP contribution is -2.44. The molecule has 6 nitrogen and oxygen atoms in total. The van der Waals surface area contributed by atoms with Gasteiger partial charge in [0.15, 0.2) is 10.8 Å². The zero-order chi connectivity index (χ0) is 23.7. The van der Waals surface area contributed by atoms with Crippen molar-refractivity contribution in [3.63, 3.8) is 0 Å². The Morgan fingerprint density at radius 2 is 1.75 bits per heavy atom. The standard InChI is InChI=1S/C19H12F6N4O2S/c20-18(21,22)14-8-12(10-27-15(14)9-26)29-16(30)2-1-7-28(17(29)32)11-3-5-13(6-4-11)31-19(23,24)25/h3-6,8,10H,1-2,7H2. The van der Waals surface area contributed by atoms with Crippen molar-refractivity contribution in [1.82, 2.24) is 4.98 Å². The van der Waals surface area contributed by atoms with Crippen LogP contribution in [0.4, 0.5) is 37.7 Å². The number of ether oxygens (including phenoxy) is 1. The fraction of sp³-hybridized carbons (Fsp3) is 0.263. The number of benzene rings is 1. The zero-order valence-electron chi connectivity index (χ0n) is 15.9. The maximum Gasteiger partial charge on any atom is 0.573 e. The van der Waals surface area contributed by atoms with E-state index in [0.717, 1.165) is 23.2 Å². The number of carbonyl (C=O) groups is 1. The molecule has 13 heteroatoms. The molecule has 0 N–H and O–H groups in total. The lowest BCUT2D eigenvalue weighted by Gasteiger charge is -2.30. The van der Waals surface area contributed by atoms with E-state index in [9.17, 15) is 31.1 Å². The summed E-state index contributed by atoms with van der Waals surface area (Å²) in [4.78, 5) is 18.4. The molecule has 0 radical (unpaired) electrons. The predicted molar refractivity (Wildman–Crippen MR) is 104 cm³/mol. The van der Waals surface area contributed by atoms with Crippen LogP contribution in [0.3, 0.4) is 0 Å². The SMILES string of the molecule is N#Cc1ncc(N2C(=O)CCCN(c3ccc(OC(F)(F)F)cc3)C2=S)cc1C(F)(F)F. The van der Waals surface area contributed by atoms with Crippen molar-refractivity contribution in [3.05, 3.63) is 47.8 Å². The third-order valence-electron chi connectivity index (χ3n) is 4.37. The maximum atomic E-state index is 13.3. The summed E-state index contributed by atoms with van der Waals surface area (Å²) in [5.74, 6) is -1.06. The Bertz CT molecular complexity index is 1080. The first-order valence-corrected chi connectivity index (χ1v) is 9.29. The molecule has 1 aliphatic heterocycles. The van der Waals surface area contributed by atoms with Crippen LogP contribution in [-0.4, -0.2) is 28.9 Å². The average Bonchev–Trinajstić information content (AvgIpc) is 2.84. The average molecular weight is 474 g/mol. The van der Waals surface area contributed by atoms with Crippen LogP contribution < -0.4 is 14.5 Å². The number of thiocarbonyl (C=S) groups is 1. The second-order valence-corrected chi connectivity index (χ2v) is 6.87. The van der Waals surface area contributed by atoms with Crippen molar-refractivity contribution in [2.45, 2.75) is 25.4 Å². The second-order valence-electron chi connectivity index (χ2n) is 6.51. The molecule has 1 aliphatic rings. The van der Waals surface area contributed by atoms with Crippen molar-refractivity contribution in [1.29, 1.82) is 5.26 Å². The lowest BCUT2D eigenvalue weighted by atomic mass is 10.1. The number of alkyl halides is 6. The Morgan fingerprint density at radius 3 is 2.31 bits per heavy atom. The minimum atomic E-state index is -4.89. The highest BCUT2D eigenvalue weighted by atomic mass is 32.1. The number of carbonyl (C=O) groups excluding carboxylic acids is 1. The summed E-state index contributed by atoms with van der Waals surface area (Å²) in [7, 11) is 0. The van der Waals surface area contributed by atoms with Crippen LogP contribution in [-0.2, 0) is 11.0 Å². The van der Waals surface area contributed by atoms with E-state index in [1.807, 2.05) is 0 Å². The van der Waals surface area contributed by atoms with Gasteiger partial charge in [-0.2, -0.15) is 18.4 Å². The summed E-state index contributed by atoms with van der Waals surface area (Å²) >= 11 is 5.34. The number of rotatable bonds is 3. The number of halogens is 6. The number of hydrogen-bond donors (Lipinski definition) is 0. The molecule has 168 valence electrons. The van der Waals surface area contributed by atoms with Crippen LogP contribution >= 0.6 is 12.2 Å². The topological polar surface area (TPSA) is 69.5 Å². The Labute approximate surface area is 182 Å². The van der Waals surface area contributed by atoms with Crippen LogP contribution in [0.15, 0.2) is 36.5 Å². The maximum absolute atomic E-state index is 13.3. The molecule has 1 aromatic carbocycles. The van der Waals surface area contributed by atoms with Crippen LogP contribution in [0, 0.1) is 11.3 Å². The van der Waals surface area contributed by atoms with E-state index in [1.54, 1.807) is 0 Å². The van der Waals surface area contributed by atoms with E-state index in [1.165, 1.54) is 23.1 Å². The van der Waals surface area contributed by atoms with E-state index < -0.39 is 35.5 Å². The van der Waals surface area contributed by atoms with Crippen molar-refractivity contribution < 1.29 is 35.9 Å². The molecule has 0 aliphatic carbocycles. The molecule has 0 spiro atoms. The summed E-state index contributed by atoms with van der Waals surface area (Å²) in [6, 6.07) is 6.62. The highest BCUT2D eigenvalue weighted by Crippen LogP contribution is 2.35. The van der Waals surface area contributed by atoms with Gasteiger partial charge in [-0.3, -0.25) is 9.69 Å². The van der Waals surface area contributed by atoms with Crippen molar-refractivity contribution in [2.75, 3.05) is 16.3 Å². The highest BCUT2D eigenvalue weighted by Gasteiger charge is 2.37. The van der Waals surface area contributed by atoms with Crippen LogP contribution in [0.1, 0.15) is 24.1 Å². The molecule has 0 unspecified atom stereocenters. The molecule has 2 aromatic rings. The molecule has 0 bridgehead atoms. The van der Waals surface area contributed by atoms with Gasteiger partial charge in [0.05, 0.1) is 17.4 Å². The summed E-state index contributed by atoms with van der Waals surface area (Å²) in [6.07, 6.45) is -8.60. The van der Waals surface area contributed by atoms with E-state index in [-0.39, 0.29) is 30.2 Å². The smallest absolute Gasteiger partial charge is 0.406 e. The summed E-state index contributed by atoms with van der Waals surface area (Å²) in [6.45, 7) is 0.191. The largest absolute Gasteiger partial charge is 0.573 e. The summed E-state index contributed by atoms with van der Waals surface area (Å²) < 4.78 is 80.9. The fourth-order valence-electron chi connectivity index (χ4n) is 3.03. The van der Waals surface area contributed by atoms with Crippen molar-refractivity contribution in [3.8, 4) is 11.8 Å². The molecular weight excluding hydrogens is 462 g/mol. The number of hydrogen-bond acceptors (Lipinski definition) is 5. The molecule has 1 saturated heterocycles. The van der Waals surface area contributed by atoms with Gasteiger partial charge in [0.25, 0.3) is 0 Å². The van der Waals surface area contributed by atoms with Gasteiger partial charge in [-0.05, 0) is 49.0 Å². The predicted octanol–water partition coefficient (Wildman–Crippen LogP) is 4.79. The third-order valence-corrected chi connectivity index (χ3v) is 4.77. The van der Waals surface area contributed by atoms with Gasteiger partial charge in [0.2, 0.25) is 5.91 Å². The van der Waals surface area contributed by atoms with E-state index in [2.05, 4.69) is 9.72 Å². The molecule has 3 rings (SSSR count). The number of pyridine rings is 1. The van der Waals surface area contributed by atoms with Crippen LogP contribution in [0.5, 0.6) is 5.75 Å². The number of nitrogens with zero attached hydrogens (tertiary/aromatic N) is 4. The molecule has 1 amide bonds. The first kappa shape index (κ1) is 23.3. The molecule has 1 aromatic heterocycles. The van der Waals surface area contributed by atoms with Crippen molar-refractivity contribution >= 4 is 34.6 Å². The number of nitriles is 1. The van der Waals surface area contributed by atoms with Crippen LogP contribution in [0.2, 0.25) is 0 Å². The van der Waals surface area contributed by atoms with E-state index in [4.69, 9.17) is 17.5 Å². The molecule has 2 heterocycles. The van der Waals surface area contributed by atoms with Gasteiger partial charge in [-0.25, -0.2) is 4.98 Å². The molecule has 32 heavy (non-hydrogen) atoms. The summed E-state index contributed by atoms with van der Waals surface area (Å²) in [5, 5.41) is 8.72. The number of aromatic nitrogens is 1. The number of anilines is 2. The molecular formula is C19H12F6N4O2S. The van der Waals surface area contributed by atoms with Crippen molar-refractivity contribution in [2.24, 2.45) is 0 Å². The normalized spacial score (nSPS) is 15.4. The molecule has 0 saturated carbocycles. The van der Waals surface area contributed by atoms with Gasteiger partial charge < -0.3 is 9.64 Å². The van der Waals surface area contributed by atoms with Gasteiger partial charge in [-0.15, -0.1) is 13.2 Å². The Balaban J connectivity index is 1.97. The molecule has 1 fully saturated rings. The van der Waals surface area contributed by atoms with E-state index in [0.29, 0.717) is 11.8 Å². The highest BCUT2D eigenvalue weighted by molar-refractivity contribution is 7.81. The Kier molecular flexibility index (Phi) is 6.27. The Hall–Kier alpha value is -3.40. The quantitative estimate of drug-likeness (QED) is 0.471. The van der Waals surface area contributed by atoms with Crippen LogP contribution in [0.25, 0.3) is 0 Å². The summed E-state index contributed by atoms with van der Waals surface area (Å²) in [5.41, 5.74) is -2.15. The lowest BCUT2D eigenvalue weighted by molar-refractivity contribution is -0.274. The third kappa shape index (κ3) is 5.08. The Morgan fingerprint density at radius 1 is 1.09 bits per heavy atom. The minimum absolute atomic E-state index is 0.0484. The fourth-order valence-corrected chi connectivity index (χ4v) is 3.43. The van der Waals surface area contributed by atoms with Gasteiger partial charge in [-0.1, -0.05) is 0 Å². The second kappa shape index (κ2) is 8.62. The van der Waals surface area contributed by atoms with E-state index >= 15 is 0 Å². The van der Waals surface area contributed by atoms with Gasteiger partial charge in [0.1, 0.15) is 11.8 Å². The monoisotopic (exact) mass is 474 g/mol.